The molecule has 0 aromatic rings. The van der Waals surface area contributed by atoms with Gasteiger partial charge in [0.25, 0.3) is 0 Å². The summed E-state index contributed by atoms with van der Waals surface area (Å²) in [5.41, 5.74) is 4.70. The molecule has 106 valence electrons. The maximum absolute atomic E-state index is 11.1. The second-order valence-corrected chi connectivity index (χ2v) is 5.98. The second kappa shape index (κ2) is 5.99. The highest BCUT2D eigenvalue weighted by Crippen LogP contribution is 2.19. The van der Waals surface area contributed by atoms with Gasteiger partial charge in [0.1, 0.15) is 5.54 Å². The van der Waals surface area contributed by atoms with Crippen molar-refractivity contribution in [2.24, 2.45) is 5.73 Å². The molecule has 3 unspecified atom stereocenters. The molecule has 1 heterocycles. The van der Waals surface area contributed by atoms with E-state index in [1.165, 1.54) is 0 Å². The molecule has 0 saturated carbocycles. The van der Waals surface area contributed by atoms with E-state index in [2.05, 4.69) is 30.7 Å². The summed E-state index contributed by atoms with van der Waals surface area (Å²) in [4.78, 5) is 15.8. The van der Waals surface area contributed by atoms with Gasteiger partial charge >= 0.3 is 5.97 Å². The normalized spacial score (nSPS) is 28.4. The van der Waals surface area contributed by atoms with Crippen LogP contribution in [0.3, 0.4) is 0 Å². The van der Waals surface area contributed by atoms with Crippen LogP contribution in [0.1, 0.15) is 33.6 Å². The molecule has 3 atom stereocenters. The van der Waals surface area contributed by atoms with Crippen LogP contribution in [-0.4, -0.2) is 65.2 Å². The Balaban J connectivity index is 2.65. The van der Waals surface area contributed by atoms with Gasteiger partial charge in [0.2, 0.25) is 0 Å². The summed E-state index contributed by atoms with van der Waals surface area (Å²) in [7, 11) is 2.13. The predicted molar refractivity (Wildman–Crippen MR) is 72.6 cm³/mol. The summed E-state index contributed by atoms with van der Waals surface area (Å²) < 4.78 is 0. The van der Waals surface area contributed by atoms with Gasteiger partial charge in [0.15, 0.2) is 0 Å². The van der Waals surface area contributed by atoms with Crippen molar-refractivity contribution in [2.45, 2.75) is 51.2 Å². The van der Waals surface area contributed by atoms with Crippen LogP contribution in [0.15, 0.2) is 0 Å². The van der Waals surface area contributed by atoms with Gasteiger partial charge in [-0.3, -0.25) is 9.69 Å². The van der Waals surface area contributed by atoms with E-state index in [1.54, 1.807) is 6.92 Å². The number of aliphatic carboxylic acids is 1. The molecule has 5 heteroatoms. The van der Waals surface area contributed by atoms with Crippen molar-refractivity contribution in [1.82, 2.24) is 9.80 Å². The van der Waals surface area contributed by atoms with Crippen LogP contribution >= 0.6 is 0 Å². The predicted octanol–water partition coefficient (Wildman–Crippen LogP) is 0.593. The lowest BCUT2D eigenvalue weighted by Gasteiger charge is -2.36. The molecule has 0 spiro atoms. The highest BCUT2D eigenvalue weighted by molar-refractivity contribution is 5.77. The van der Waals surface area contributed by atoms with Crippen molar-refractivity contribution in [1.29, 1.82) is 0 Å². The van der Waals surface area contributed by atoms with Crippen molar-refractivity contribution < 1.29 is 9.90 Å². The summed E-state index contributed by atoms with van der Waals surface area (Å²) in [5, 5.41) is 9.10. The van der Waals surface area contributed by atoms with Gasteiger partial charge in [-0.25, -0.2) is 0 Å². The Morgan fingerprint density at radius 1 is 1.56 bits per heavy atom. The van der Waals surface area contributed by atoms with E-state index in [-0.39, 0.29) is 6.04 Å². The fourth-order valence-corrected chi connectivity index (χ4v) is 2.86. The summed E-state index contributed by atoms with van der Waals surface area (Å²) >= 11 is 0. The third-order valence-corrected chi connectivity index (χ3v) is 3.87. The van der Waals surface area contributed by atoms with Crippen LogP contribution in [0.5, 0.6) is 0 Å². The molecule has 0 radical (unpaired) electrons. The van der Waals surface area contributed by atoms with Gasteiger partial charge in [-0.15, -0.1) is 0 Å². The first-order chi connectivity index (χ1) is 8.24. The molecule has 5 nitrogen and oxygen atoms in total. The van der Waals surface area contributed by atoms with E-state index in [0.29, 0.717) is 12.5 Å². The molecule has 0 aromatic carbocycles. The molecule has 1 saturated heterocycles. The molecule has 1 aliphatic rings. The topological polar surface area (TPSA) is 69.8 Å². The molecule has 18 heavy (non-hydrogen) atoms. The minimum Gasteiger partial charge on any atom is -0.480 e. The maximum Gasteiger partial charge on any atom is 0.323 e. The lowest BCUT2D eigenvalue weighted by atomic mass is 9.93. The Labute approximate surface area is 110 Å². The van der Waals surface area contributed by atoms with Crippen LogP contribution in [0, 0.1) is 0 Å². The SMILES string of the molecule is CC1CN(C)CCCN1C(C)CC(C)(N)C(=O)O. The molecule has 3 N–H and O–H groups in total. The number of hydrogen-bond acceptors (Lipinski definition) is 4. The largest absolute Gasteiger partial charge is 0.480 e. The molecule has 0 aromatic heterocycles. The van der Waals surface area contributed by atoms with E-state index in [9.17, 15) is 4.79 Å². The number of hydrogen-bond donors (Lipinski definition) is 2. The monoisotopic (exact) mass is 257 g/mol. The zero-order chi connectivity index (χ0) is 13.9. The number of carboxylic acids is 1. The number of carbonyl (C=O) groups is 1. The minimum absolute atomic E-state index is 0.192. The van der Waals surface area contributed by atoms with Gasteiger partial charge in [-0.05, 0) is 53.8 Å². The van der Waals surface area contributed by atoms with Crippen molar-refractivity contribution >= 4 is 5.97 Å². The zero-order valence-electron chi connectivity index (χ0n) is 12.0. The fraction of sp³-hybridized carbons (Fsp3) is 0.923. The summed E-state index contributed by atoms with van der Waals surface area (Å²) in [6, 6.07) is 0.634. The third kappa shape index (κ3) is 3.93. The van der Waals surface area contributed by atoms with E-state index in [1.807, 2.05) is 0 Å². The maximum atomic E-state index is 11.1. The average molecular weight is 257 g/mol. The number of nitrogens with zero attached hydrogens (tertiary/aromatic N) is 2. The highest BCUT2D eigenvalue weighted by atomic mass is 16.4. The van der Waals surface area contributed by atoms with E-state index in [4.69, 9.17) is 10.8 Å². The van der Waals surface area contributed by atoms with Crippen molar-refractivity contribution in [3.05, 3.63) is 0 Å². The number of likely N-dealkylation sites (N-methyl/N-ethyl adjacent to an activating group) is 1. The molecular weight excluding hydrogens is 230 g/mol. The van der Waals surface area contributed by atoms with Crippen molar-refractivity contribution in [3.8, 4) is 0 Å². The molecule has 1 rings (SSSR count). The number of nitrogens with two attached hydrogens (primary N) is 1. The van der Waals surface area contributed by atoms with Gasteiger partial charge in [0.05, 0.1) is 0 Å². The van der Waals surface area contributed by atoms with Gasteiger partial charge in [-0.2, -0.15) is 0 Å². The number of rotatable bonds is 4. The quantitative estimate of drug-likeness (QED) is 0.771. The molecule has 0 amide bonds. The Morgan fingerprint density at radius 2 is 2.17 bits per heavy atom. The van der Waals surface area contributed by atoms with E-state index in [0.717, 1.165) is 26.1 Å². The van der Waals surface area contributed by atoms with Crippen molar-refractivity contribution in [3.63, 3.8) is 0 Å². The first-order valence-electron chi connectivity index (χ1n) is 6.70. The molecular formula is C13H27N3O2. The van der Waals surface area contributed by atoms with Gasteiger partial charge in [-0.1, -0.05) is 0 Å². The summed E-state index contributed by atoms with van der Waals surface area (Å²) in [5.74, 6) is -0.922. The van der Waals surface area contributed by atoms with Crippen LogP contribution < -0.4 is 5.73 Å². The van der Waals surface area contributed by atoms with E-state index >= 15 is 0 Å². The van der Waals surface area contributed by atoms with Gasteiger partial charge in [0, 0.05) is 18.6 Å². The second-order valence-electron chi connectivity index (χ2n) is 5.98. The van der Waals surface area contributed by atoms with Gasteiger partial charge < -0.3 is 15.7 Å². The lowest BCUT2D eigenvalue weighted by Crippen LogP contribution is -2.52. The van der Waals surface area contributed by atoms with Crippen LogP contribution in [0.2, 0.25) is 0 Å². The lowest BCUT2D eigenvalue weighted by molar-refractivity contribution is -0.143. The summed E-state index contributed by atoms with van der Waals surface area (Å²) in [6.45, 7) is 9.02. The first kappa shape index (κ1) is 15.4. The Kier molecular flexibility index (Phi) is 5.13. The van der Waals surface area contributed by atoms with Crippen LogP contribution in [-0.2, 0) is 4.79 Å². The van der Waals surface area contributed by atoms with E-state index < -0.39 is 11.5 Å². The Bertz CT molecular complexity index is 294. The van der Waals surface area contributed by atoms with Crippen LogP contribution in [0.25, 0.3) is 0 Å². The average Bonchev–Trinajstić information content (AvgIpc) is 2.38. The van der Waals surface area contributed by atoms with Crippen LogP contribution in [0.4, 0.5) is 0 Å². The molecule has 0 aliphatic carbocycles. The highest BCUT2D eigenvalue weighted by Gasteiger charge is 2.33. The smallest absolute Gasteiger partial charge is 0.323 e. The molecule has 1 aliphatic heterocycles. The minimum atomic E-state index is -1.14. The fourth-order valence-electron chi connectivity index (χ4n) is 2.86. The molecule has 0 bridgehead atoms. The molecule has 1 fully saturated rings. The Hall–Kier alpha value is -0.650. The Morgan fingerprint density at radius 3 is 2.72 bits per heavy atom. The summed E-state index contributed by atoms with van der Waals surface area (Å²) in [6.07, 6.45) is 1.61. The first-order valence-corrected chi connectivity index (χ1v) is 6.70. The number of carboxylic acid groups (broad SMARTS) is 1. The van der Waals surface area contributed by atoms with Crippen molar-refractivity contribution in [2.75, 3.05) is 26.7 Å². The third-order valence-electron chi connectivity index (χ3n) is 3.87. The zero-order valence-corrected chi connectivity index (χ0v) is 12.0. The standard InChI is InChI=1S/C13H27N3O2/c1-10(8-13(3,14)12(17)18)16-7-5-6-15(4)9-11(16)2/h10-11H,5-9,14H2,1-4H3,(H,17,18).